The average molecular weight is 301 g/mol. The molecular formula is C13H12NNaO4S. The van der Waals surface area contributed by atoms with Crippen molar-refractivity contribution < 1.29 is 47.3 Å². The van der Waals surface area contributed by atoms with Gasteiger partial charge in [-0.25, -0.2) is 8.42 Å². The molecule has 2 aromatic rings. The predicted octanol–water partition coefficient (Wildman–Crippen LogP) is -0.722. The van der Waals surface area contributed by atoms with E-state index in [-0.39, 0.29) is 40.1 Å². The molecule has 2 N–H and O–H groups in total. The first-order valence-electron chi connectivity index (χ1n) is 5.46. The zero-order valence-electron chi connectivity index (χ0n) is 11.2. The van der Waals surface area contributed by atoms with E-state index in [1.54, 1.807) is 12.1 Å². The molecule has 0 aliphatic carbocycles. The molecule has 0 atom stereocenters. The van der Waals surface area contributed by atoms with Gasteiger partial charge in [-0.3, -0.25) is 0 Å². The molecule has 0 bridgehead atoms. The number of benzene rings is 2. The molecule has 7 heteroatoms. The van der Waals surface area contributed by atoms with Crippen molar-refractivity contribution in [2.75, 3.05) is 5.73 Å². The van der Waals surface area contributed by atoms with E-state index in [1.807, 2.05) is 19.1 Å². The van der Waals surface area contributed by atoms with Crippen molar-refractivity contribution in [3.05, 3.63) is 48.0 Å². The van der Waals surface area contributed by atoms with Crippen molar-refractivity contribution in [3.63, 3.8) is 0 Å². The Morgan fingerprint density at radius 3 is 2.20 bits per heavy atom. The van der Waals surface area contributed by atoms with Crippen LogP contribution in [0.25, 0.3) is 0 Å². The molecule has 0 unspecified atom stereocenters. The number of ether oxygens (including phenoxy) is 1. The van der Waals surface area contributed by atoms with Crippen LogP contribution in [-0.4, -0.2) is 13.0 Å². The van der Waals surface area contributed by atoms with Gasteiger partial charge in [-0.1, -0.05) is 17.7 Å². The van der Waals surface area contributed by atoms with E-state index in [1.165, 1.54) is 12.1 Å². The molecule has 0 aliphatic heterocycles. The van der Waals surface area contributed by atoms with Crippen LogP contribution in [0.15, 0.2) is 47.4 Å². The van der Waals surface area contributed by atoms with Crippen LogP contribution in [0.5, 0.6) is 11.5 Å². The van der Waals surface area contributed by atoms with Gasteiger partial charge < -0.3 is 15.0 Å². The maximum absolute atomic E-state index is 10.8. The Kier molecular flexibility index (Phi) is 5.61. The summed E-state index contributed by atoms with van der Waals surface area (Å²) >= 11 is 0. The number of hydrogen-bond acceptors (Lipinski definition) is 5. The number of anilines is 1. The maximum Gasteiger partial charge on any atom is 1.00 e. The topological polar surface area (TPSA) is 92.5 Å². The summed E-state index contributed by atoms with van der Waals surface area (Å²) in [5.41, 5.74) is 6.85. The van der Waals surface area contributed by atoms with E-state index < -0.39 is 10.1 Å². The quantitative estimate of drug-likeness (QED) is 0.459. The molecule has 0 fully saturated rings. The molecule has 100 valence electrons. The fraction of sp³-hybridized carbons (Fsp3) is 0.0769. The molecule has 2 rings (SSSR count). The molecular weight excluding hydrogens is 289 g/mol. The first kappa shape index (κ1) is 17.0. The molecule has 0 spiro atoms. The number of nitrogen functional groups attached to an aromatic ring is 1. The Balaban J connectivity index is 0.00000200. The van der Waals surface area contributed by atoms with Gasteiger partial charge >= 0.3 is 29.6 Å². The van der Waals surface area contributed by atoms with E-state index in [2.05, 4.69) is 0 Å². The van der Waals surface area contributed by atoms with Crippen molar-refractivity contribution in [2.45, 2.75) is 11.8 Å². The second-order valence-corrected chi connectivity index (χ2v) is 5.45. The summed E-state index contributed by atoms with van der Waals surface area (Å²) in [4.78, 5) is -0.374. The smallest absolute Gasteiger partial charge is 0.744 e. The second-order valence-electron chi connectivity index (χ2n) is 4.07. The van der Waals surface area contributed by atoms with Gasteiger partial charge in [-0.2, -0.15) is 0 Å². The van der Waals surface area contributed by atoms with Gasteiger partial charge in [0, 0.05) is 0 Å². The first-order chi connectivity index (χ1) is 8.86. The van der Waals surface area contributed by atoms with Crippen molar-refractivity contribution in [2.24, 2.45) is 0 Å². The van der Waals surface area contributed by atoms with Gasteiger partial charge in [0.25, 0.3) is 0 Å². The molecule has 0 heterocycles. The Labute approximate surface area is 139 Å². The van der Waals surface area contributed by atoms with Crippen LogP contribution in [0.2, 0.25) is 0 Å². The third-order valence-electron chi connectivity index (χ3n) is 2.52. The number of hydrogen-bond donors (Lipinski definition) is 1. The van der Waals surface area contributed by atoms with E-state index in [0.717, 1.165) is 11.6 Å². The zero-order chi connectivity index (χ0) is 14.0. The van der Waals surface area contributed by atoms with Crippen LogP contribution >= 0.6 is 0 Å². The van der Waals surface area contributed by atoms with Crippen LogP contribution in [0.4, 0.5) is 5.69 Å². The summed E-state index contributed by atoms with van der Waals surface area (Å²) in [6, 6.07) is 10.9. The molecule has 0 saturated heterocycles. The average Bonchev–Trinajstić information content (AvgIpc) is 2.33. The summed E-state index contributed by atoms with van der Waals surface area (Å²) in [5, 5.41) is 0. The van der Waals surface area contributed by atoms with Crippen molar-refractivity contribution in [3.8, 4) is 11.5 Å². The van der Waals surface area contributed by atoms with Gasteiger partial charge in [-0.15, -0.1) is 0 Å². The molecule has 2 aromatic carbocycles. The van der Waals surface area contributed by atoms with Gasteiger partial charge in [0.2, 0.25) is 0 Å². The monoisotopic (exact) mass is 301 g/mol. The zero-order valence-corrected chi connectivity index (χ0v) is 14.0. The van der Waals surface area contributed by atoms with Crippen molar-refractivity contribution in [1.82, 2.24) is 0 Å². The Bertz CT molecular complexity index is 699. The molecule has 0 radical (unpaired) electrons. The Morgan fingerprint density at radius 2 is 1.70 bits per heavy atom. The van der Waals surface area contributed by atoms with E-state index >= 15 is 0 Å². The molecule has 5 nitrogen and oxygen atoms in total. The third-order valence-corrected chi connectivity index (χ3v) is 3.35. The fourth-order valence-electron chi connectivity index (χ4n) is 1.51. The SMILES string of the molecule is Cc1ccc(Oc2ccc(S(=O)(=O)[O-])cc2N)cc1.[Na+]. The standard InChI is InChI=1S/C13H13NO4S.Na/c1-9-2-4-10(5-3-9)18-13-7-6-11(8-12(13)14)19(15,16)17;/h2-8H,14H2,1H3,(H,15,16,17);/q;+1/p-1. The second kappa shape index (κ2) is 6.60. The minimum absolute atomic E-state index is 0. The van der Waals surface area contributed by atoms with Crippen LogP contribution in [0.3, 0.4) is 0 Å². The maximum atomic E-state index is 10.8. The van der Waals surface area contributed by atoms with Crippen molar-refractivity contribution in [1.29, 1.82) is 0 Å². The van der Waals surface area contributed by atoms with E-state index in [0.29, 0.717) is 11.5 Å². The summed E-state index contributed by atoms with van der Waals surface area (Å²) < 4.78 is 38.0. The molecule has 0 aliphatic rings. The molecule has 0 aromatic heterocycles. The van der Waals surface area contributed by atoms with Crippen LogP contribution in [-0.2, 0) is 10.1 Å². The Morgan fingerprint density at radius 1 is 1.10 bits per heavy atom. The number of nitrogens with two attached hydrogens (primary N) is 1. The van der Waals surface area contributed by atoms with E-state index in [9.17, 15) is 13.0 Å². The summed E-state index contributed by atoms with van der Waals surface area (Å²) in [6.45, 7) is 1.95. The predicted molar refractivity (Wildman–Crippen MR) is 70.1 cm³/mol. The van der Waals surface area contributed by atoms with Crippen LogP contribution in [0, 0.1) is 6.92 Å². The Hall–Kier alpha value is -1.05. The summed E-state index contributed by atoms with van der Waals surface area (Å²) in [5.74, 6) is 0.881. The van der Waals surface area contributed by atoms with Crippen molar-refractivity contribution >= 4 is 15.8 Å². The minimum atomic E-state index is -4.51. The van der Waals surface area contributed by atoms with Gasteiger partial charge in [0.1, 0.15) is 21.6 Å². The number of aryl methyl sites for hydroxylation is 1. The normalized spacial score (nSPS) is 10.7. The summed E-state index contributed by atoms with van der Waals surface area (Å²) in [6.07, 6.45) is 0. The van der Waals surface area contributed by atoms with Gasteiger partial charge in [-0.05, 0) is 37.3 Å². The van der Waals surface area contributed by atoms with Crippen LogP contribution in [0.1, 0.15) is 5.56 Å². The number of rotatable bonds is 3. The largest absolute Gasteiger partial charge is 1.00 e. The third kappa shape index (κ3) is 4.22. The van der Waals surface area contributed by atoms with Gasteiger partial charge in [0.05, 0.1) is 10.6 Å². The molecule has 0 saturated carbocycles. The first-order valence-corrected chi connectivity index (χ1v) is 6.87. The van der Waals surface area contributed by atoms with Crippen LogP contribution < -0.4 is 40.0 Å². The fourth-order valence-corrected chi connectivity index (χ4v) is 2.01. The summed E-state index contributed by atoms with van der Waals surface area (Å²) in [7, 11) is -4.51. The molecule has 0 amide bonds. The van der Waals surface area contributed by atoms with E-state index in [4.69, 9.17) is 10.5 Å². The molecule has 20 heavy (non-hydrogen) atoms. The van der Waals surface area contributed by atoms with Gasteiger partial charge in [0.15, 0.2) is 0 Å². The minimum Gasteiger partial charge on any atom is -0.744 e.